The first-order valence-electron chi connectivity index (χ1n) is 3.84. The van der Waals surface area contributed by atoms with Gasteiger partial charge in [0.25, 0.3) is 0 Å². The lowest BCUT2D eigenvalue weighted by atomic mass is 10.1. The Hall–Kier alpha value is -1.91. The first-order valence-corrected chi connectivity index (χ1v) is 3.84. The molecule has 1 aliphatic rings. The smallest absolute Gasteiger partial charge is 0.334 e. The van der Waals surface area contributed by atoms with E-state index in [0.717, 1.165) is 12.2 Å². The highest BCUT2D eigenvalue weighted by Gasteiger charge is 2.26. The van der Waals surface area contributed by atoms with Crippen molar-refractivity contribution in [2.45, 2.75) is 12.5 Å². The molecule has 0 aliphatic carbocycles. The van der Waals surface area contributed by atoms with E-state index in [0.29, 0.717) is 0 Å². The van der Waals surface area contributed by atoms with E-state index in [1.165, 1.54) is 0 Å². The topological polar surface area (TPSA) is 80.7 Å². The Balaban J connectivity index is 2.81. The lowest BCUT2D eigenvalue weighted by Crippen LogP contribution is -2.23. The van der Waals surface area contributed by atoms with Gasteiger partial charge in [0.15, 0.2) is 5.78 Å². The molecule has 14 heavy (non-hydrogen) atoms. The van der Waals surface area contributed by atoms with Gasteiger partial charge in [-0.05, 0) is 6.08 Å². The standard InChI is InChI=1S/C9H8O5/c1-5(9(12)13)7-4-6(10)2-3-8(11)14-7/h2-3,7H,1,4H2,(H,12,13). The molecule has 0 aromatic heterocycles. The third-order valence-corrected chi connectivity index (χ3v) is 1.71. The van der Waals surface area contributed by atoms with Gasteiger partial charge >= 0.3 is 11.9 Å². The zero-order chi connectivity index (χ0) is 10.7. The number of carbonyl (C=O) groups excluding carboxylic acids is 2. The van der Waals surface area contributed by atoms with Gasteiger partial charge in [-0.1, -0.05) is 6.58 Å². The number of aliphatic carboxylic acids is 1. The molecule has 5 nitrogen and oxygen atoms in total. The third kappa shape index (κ3) is 2.29. The summed E-state index contributed by atoms with van der Waals surface area (Å²) in [6.45, 7) is 3.23. The van der Waals surface area contributed by atoms with Gasteiger partial charge in [-0.2, -0.15) is 0 Å². The zero-order valence-corrected chi connectivity index (χ0v) is 7.23. The third-order valence-electron chi connectivity index (χ3n) is 1.71. The van der Waals surface area contributed by atoms with Gasteiger partial charge in [0.1, 0.15) is 6.10 Å². The van der Waals surface area contributed by atoms with Crippen molar-refractivity contribution in [2.75, 3.05) is 0 Å². The van der Waals surface area contributed by atoms with Gasteiger partial charge in [-0.25, -0.2) is 9.59 Å². The highest BCUT2D eigenvalue weighted by atomic mass is 16.5. The van der Waals surface area contributed by atoms with E-state index in [9.17, 15) is 14.4 Å². The van der Waals surface area contributed by atoms with E-state index < -0.39 is 18.0 Å². The van der Waals surface area contributed by atoms with E-state index in [4.69, 9.17) is 5.11 Å². The molecule has 74 valence electrons. The average molecular weight is 196 g/mol. The summed E-state index contributed by atoms with van der Waals surface area (Å²) in [6, 6.07) is 0. The molecule has 1 rings (SSSR count). The highest BCUT2D eigenvalue weighted by molar-refractivity contribution is 5.99. The second-order valence-electron chi connectivity index (χ2n) is 2.76. The molecule has 0 saturated heterocycles. The van der Waals surface area contributed by atoms with Crippen LogP contribution >= 0.6 is 0 Å². The van der Waals surface area contributed by atoms with Crippen molar-refractivity contribution in [3.8, 4) is 0 Å². The van der Waals surface area contributed by atoms with E-state index >= 15 is 0 Å². The van der Waals surface area contributed by atoms with Crippen LogP contribution in [0.1, 0.15) is 6.42 Å². The van der Waals surface area contributed by atoms with Crippen LogP contribution in [0.15, 0.2) is 24.3 Å². The fourth-order valence-corrected chi connectivity index (χ4v) is 0.965. The molecule has 5 heteroatoms. The number of esters is 1. The number of carboxylic acids is 1. The number of ether oxygens (including phenoxy) is 1. The summed E-state index contributed by atoms with van der Waals surface area (Å²) >= 11 is 0. The molecule has 0 spiro atoms. The fourth-order valence-electron chi connectivity index (χ4n) is 0.965. The molecule has 0 amide bonds. The average Bonchev–Trinajstić information content (AvgIpc) is 2.27. The van der Waals surface area contributed by atoms with E-state index in [-0.39, 0.29) is 17.8 Å². The summed E-state index contributed by atoms with van der Waals surface area (Å²) in [4.78, 5) is 32.4. The Bertz CT molecular complexity index is 319. The maximum absolute atomic E-state index is 11.0. The van der Waals surface area contributed by atoms with Crippen molar-refractivity contribution < 1.29 is 24.2 Å². The van der Waals surface area contributed by atoms with Gasteiger partial charge in [0.05, 0.1) is 12.0 Å². The number of rotatable bonds is 2. The maximum atomic E-state index is 11.0. The van der Waals surface area contributed by atoms with Crippen LogP contribution in [0.3, 0.4) is 0 Å². The molecule has 0 bridgehead atoms. The fraction of sp³-hybridized carbons (Fsp3) is 0.222. The number of carboxylic acid groups (broad SMARTS) is 1. The van der Waals surface area contributed by atoms with Gasteiger partial charge in [-0.15, -0.1) is 0 Å². The Labute approximate surface area is 79.7 Å². The van der Waals surface area contributed by atoms with Crippen molar-refractivity contribution in [3.63, 3.8) is 0 Å². The van der Waals surface area contributed by atoms with Crippen molar-refractivity contribution in [1.29, 1.82) is 0 Å². The second kappa shape index (κ2) is 3.87. The largest absolute Gasteiger partial charge is 0.478 e. The molecule has 1 N–H and O–H groups in total. The van der Waals surface area contributed by atoms with Crippen LogP contribution in [0.4, 0.5) is 0 Å². The van der Waals surface area contributed by atoms with E-state index in [1.807, 2.05) is 0 Å². The molecule has 0 fully saturated rings. The predicted octanol–water partition coefficient (Wildman–Crippen LogP) is 0.0680. The number of carbonyl (C=O) groups is 3. The van der Waals surface area contributed by atoms with Gasteiger partial charge in [0, 0.05) is 6.08 Å². The summed E-state index contributed by atoms with van der Waals surface area (Å²) in [5.41, 5.74) is -0.296. The Morgan fingerprint density at radius 3 is 2.71 bits per heavy atom. The van der Waals surface area contributed by atoms with Crippen molar-refractivity contribution in [3.05, 3.63) is 24.3 Å². The van der Waals surface area contributed by atoms with Crippen molar-refractivity contribution in [1.82, 2.24) is 0 Å². The Kier molecular flexibility index (Phi) is 2.81. The van der Waals surface area contributed by atoms with Gasteiger partial charge in [0.2, 0.25) is 0 Å². The minimum atomic E-state index is -1.28. The normalized spacial score (nSPS) is 21.3. The predicted molar refractivity (Wildman–Crippen MR) is 45.4 cm³/mol. The Morgan fingerprint density at radius 1 is 1.50 bits per heavy atom. The van der Waals surface area contributed by atoms with Crippen LogP contribution in [-0.4, -0.2) is 28.9 Å². The van der Waals surface area contributed by atoms with Crippen LogP contribution in [0.25, 0.3) is 0 Å². The Morgan fingerprint density at radius 2 is 2.14 bits per heavy atom. The number of allylic oxidation sites excluding steroid dienone is 1. The molecule has 1 unspecified atom stereocenters. The lowest BCUT2D eigenvalue weighted by Gasteiger charge is -2.13. The molecular weight excluding hydrogens is 188 g/mol. The summed E-state index contributed by atoms with van der Waals surface area (Å²) in [7, 11) is 0. The van der Waals surface area contributed by atoms with Crippen LogP contribution in [0, 0.1) is 0 Å². The van der Waals surface area contributed by atoms with Gasteiger partial charge < -0.3 is 9.84 Å². The number of hydrogen-bond acceptors (Lipinski definition) is 4. The number of cyclic esters (lactones) is 1. The summed E-state index contributed by atoms with van der Waals surface area (Å²) in [5, 5.41) is 8.58. The first-order chi connectivity index (χ1) is 6.50. The quantitative estimate of drug-likeness (QED) is 0.499. The van der Waals surface area contributed by atoms with E-state index in [2.05, 4.69) is 11.3 Å². The summed E-state index contributed by atoms with van der Waals surface area (Å²) in [6.07, 6.45) is 0.796. The first kappa shape index (κ1) is 10.2. The summed E-state index contributed by atoms with van der Waals surface area (Å²) in [5.74, 6) is -2.37. The monoisotopic (exact) mass is 196 g/mol. The van der Waals surface area contributed by atoms with Gasteiger partial charge in [-0.3, -0.25) is 4.79 Å². The molecular formula is C9H8O5. The van der Waals surface area contributed by atoms with Crippen LogP contribution in [0.5, 0.6) is 0 Å². The second-order valence-corrected chi connectivity index (χ2v) is 2.76. The van der Waals surface area contributed by atoms with E-state index in [1.54, 1.807) is 0 Å². The minimum absolute atomic E-state index is 0.173. The number of ketones is 1. The zero-order valence-electron chi connectivity index (χ0n) is 7.23. The minimum Gasteiger partial charge on any atom is -0.478 e. The van der Waals surface area contributed by atoms with Crippen LogP contribution < -0.4 is 0 Å². The highest BCUT2D eigenvalue weighted by Crippen LogP contribution is 2.13. The van der Waals surface area contributed by atoms with Crippen LogP contribution in [-0.2, 0) is 19.1 Å². The molecule has 0 aromatic carbocycles. The lowest BCUT2D eigenvalue weighted by molar-refractivity contribution is -0.143. The SMILES string of the molecule is C=C(C(=O)O)C1CC(=O)C=CC(=O)O1. The molecule has 1 atom stereocenters. The maximum Gasteiger partial charge on any atom is 0.334 e. The van der Waals surface area contributed by atoms with Crippen molar-refractivity contribution in [2.24, 2.45) is 0 Å². The summed E-state index contributed by atoms with van der Waals surface area (Å²) < 4.78 is 4.68. The molecule has 0 radical (unpaired) electrons. The molecule has 1 aliphatic heterocycles. The number of hydrogen-bond donors (Lipinski definition) is 1. The molecule has 0 saturated carbocycles. The van der Waals surface area contributed by atoms with Crippen molar-refractivity contribution >= 4 is 17.7 Å². The van der Waals surface area contributed by atoms with Crippen LogP contribution in [0.2, 0.25) is 0 Å². The molecule has 0 aromatic rings. The molecule has 1 heterocycles.